The number of carbonyl (C=O) groups excluding carboxylic acids is 1. The molecular formula is C37H42F2N6O3. The van der Waals surface area contributed by atoms with E-state index in [1.165, 1.54) is 22.0 Å². The summed E-state index contributed by atoms with van der Waals surface area (Å²) in [7, 11) is 0. The highest BCUT2D eigenvalue weighted by Gasteiger charge is 2.33. The van der Waals surface area contributed by atoms with E-state index in [0.717, 1.165) is 35.6 Å². The number of aromatic nitrogens is 2. The minimum atomic E-state index is -1.42. The normalized spacial score (nSPS) is 19.9. The van der Waals surface area contributed by atoms with Gasteiger partial charge in [-0.2, -0.15) is 9.97 Å². The number of rotatable bonds is 9. The van der Waals surface area contributed by atoms with Gasteiger partial charge in [0.25, 0.3) is 0 Å². The summed E-state index contributed by atoms with van der Waals surface area (Å²) in [5, 5.41) is 2.42. The first-order chi connectivity index (χ1) is 23.4. The molecule has 2 fully saturated rings. The van der Waals surface area contributed by atoms with E-state index in [0.29, 0.717) is 58.3 Å². The Balaban J connectivity index is 1.07. The van der Waals surface area contributed by atoms with Crippen LogP contribution in [0.5, 0.6) is 6.01 Å². The molecule has 0 N–H and O–H groups in total. The fourth-order valence-corrected chi connectivity index (χ4v) is 6.96. The fraction of sp³-hybridized carbons (Fsp3) is 0.432. The predicted molar refractivity (Wildman–Crippen MR) is 182 cm³/mol. The van der Waals surface area contributed by atoms with Gasteiger partial charge in [-0.25, -0.2) is 13.6 Å². The standard InChI is InChI=1S/C37H42F2N6O3/c1-26-20-28-10-5-6-11-29(28)34(21-26)45-14-12-30-33(24-45)40-36(47-19-7-13-42-22-31(38)32(39)23-42)41-35(30)43-15-17-44(18-16-43)37(46)48-25-27-8-3-2-4-9-27/h2-6,8-11,20-21,31-32H,7,12-19,22-25H2,1H3/t31-,32+. The maximum atomic E-state index is 13.7. The number of benzene rings is 3. The van der Waals surface area contributed by atoms with Gasteiger partial charge >= 0.3 is 12.1 Å². The van der Waals surface area contributed by atoms with Crippen LogP contribution in [0, 0.1) is 6.92 Å². The van der Waals surface area contributed by atoms with Gasteiger partial charge in [-0.05, 0) is 42.3 Å². The van der Waals surface area contributed by atoms with Crippen LogP contribution >= 0.6 is 0 Å². The van der Waals surface area contributed by atoms with E-state index in [2.05, 4.69) is 53.1 Å². The van der Waals surface area contributed by atoms with Gasteiger partial charge in [-0.15, -0.1) is 0 Å². The molecule has 0 unspecified atom stereocenters. The number of carbonyl (C=O) groups is 1. The summed E-state index contributed by atoms with van der Waals surface area (Å²) in [6.45, 7) is 7.20. The van der Waals surface area contributed by atoms with E-state index in [4.69, 9.17) is 19.4 Å². The lowest BCUT2D eigenvalue weighted by molar-refractivity contribution is 0.0941. The number of halogens is 2. The monoisotopic (exact) mass is 656 g/mol. The summed E-state index contributed by atoms with van der Waals surface area (Å²) in [5.74, 6) is 0.848. The van der Waals surface area contributed by atoms with Gasteiger partial charge < -0.3 is 24.2 Å². The largest absolute Gasteiger partial charge is 0.463 e. The molecule has 9 nitrogen and oxygen atoms in total. The molecule has 0 radical (unpaired) electrons. The van der Waals surface area contributed by atoms with E-state index in [1.54, 1.807) is 9.80 Å². The van der Waals surface area contributed by atoms with Crippen LogP contribution in [0.3, 0.4) is 0 Å². The maximum Gasteiger partial charge on any atom is 0.410 e. The lowest BCUT2D eigenvalue weighted by Gasteiger charge is -2.38. The quantitative estimate of drug-likeness (QED) is 0.212. The first kappa shape index (κ1) is 32.1. The highest BCUT2D eigenvalue weighted by molar-refractivity contribution is 5.95. The van der Waals surface area contributed by atoms with Crippen molar-refractivity contribution in [1.82, 2.24) is 19.8 Å². The number of fused-ring (bicyclic) bond motifs is 2. The zero-order valence-electron chi connectivity index (χ0n) is 27.4. The van der Waals surface area contributed by atoms with Crippen LogP contribution in [0.4, 0.5) is 25.1 Å². The van der Waals surface area contributed by atoms with Crippen molar-refractivity contribution in [2.24, 2.45) is 0 Å². The Kier molecular flexibility index (Phi) is 9.56. The molecule has 252 valence electrons. The third-order valence-electron chi connectivity index (χ3n) is 9.50. The van der Waals surface area contributed by atoms with Crippen molar-refractivity contribution in [3.05, 3.63) is 89.1 Å². The lowest BCUT2D eigenvalue weighted by atomic mass is 10.0. The Labute approximate surface area is 280 Å². The number of likely N-dealkylation sites (tertiary alicyclic amines) is 1. The van der Waals surface area contributed by atoms with E-state index in [9.17, 15) is 13.6 Å². The predicted octanol–water partition coefficient (Wildman–Crippen LogP) is 5.72. The van der Waals surface area contributed by atoms with Crippen LogP contribution in [-0.4, -0.2) is 97.2 Å². The Hall–Kier alpha value is -4.51. The number of hydrogen-bond acceptors (Lipinski definition) is 8. The SMILES string of the molecule is Cc1cc(N2CCc3c(nc(OCCCN4C[C@@H](F)[C@@H](F)C4)nc3N3CCN(C(=O)OCc4ccccc4)CC3)C2)c2ccccc2c1. The molecule has 48 heavy (non-hydrogen) atoms. The van der Waals surface area contributed by atoms with Crippen LogP contribution in [-0.2, 0) is 24.3 Å². The summed E-state index contributed by atoms with van der Waals surface area (Å²) >= 11 is 0. The first-order valence-corrected chi connectivity index (χ1v) is 16.9. The van der Waals surface area contributed by atoms with Crippen molar-refractivity contribution in [2.45, 2.75) is 45.3 Å². The van der Waals surface area contributed by atoms with Gasteiger partial charge in [0.05, 0.1) is 18.8 Å². The number of aryl methyl sites for hydroxylation is 1. The Morgan fingerprint density at radius 1 is 0.896 bits per heavy atom. The molecule has 4 aromatic rings. The molecule has 1 amide bonds. The molecule has 2 saturated heterocycles. The molecule has 11 heteroatoms. The zero-order chi connectivity index (χ0) is 33.0. The molecule has 7 rings (SSSR count). The molecule has 0 bridgehead atoms. The van der Waals surface area contributed by atoms with Gasteiger partial charge in [0.2, 0.25) is 0 Å². The maximum absolute atomic E-state index is 13.7. The average Bonchev–Trinajstić information content (AvgIpc) is 3.44. The molecule has 0 aliphatic carbocycles. The van der Waals surface area contributed by atoms with E-state index >= 15 is 0 Å². The van der Waals surface area contributed by atoms with Crippen molar-refractivity contribution in [3.63, 3.8) is 0 Å². The molecule has 3 aliphatic heterocycles. The van der Waals surface area contributed by atoms with E-state index in [-0.39, 0.29) is 25.8 Å². The number of ether oxygens (including phenoxy) is 2. The number of anilines is 2. The Morgan fingerprint density at radius 3 is 2.44 bits per heavy atom. The smallest absolute Gasteiger partial charge is 0.410 e. The highest BCUT2D eigenvalue weighted by Crippen LogP contribution is 2.35. The van der Waals surface area contributed by atoms with Crippen LogP contribution in [0.2, 0.25) is 0 Å². The van der Waals surface area contributed by atoms with Crippen LogP contribution in [0.1, 0.15) is 28.8 Å². The van der Waals surface area contributed by atoms with Crippen molar-refractivity contribution in [1.29, 1.82) is 0 Å². The summed E-state index contributed by atoms with van der Waals surface area (Å²) in [6.07, 6.45) is -1.77. The van der Waals surface area contributed by atoms with Gasteiger partial charge in [0, 0.05) is 69.0 Å². The highest BCUT2D eigenvalue weighted by atomic mass is 19.2. The third-order valence-corrected chi connectivity index (χ3v) is 9.50. The van der Waals surface area contributed by atoms with Crippen molar-refractivity contribution in [2.75, 3.05) is 68.8 Å². The minimum absolute atomic E-state index is 0.121. The van der Waals surface area contributed by atoms with Gasteiger partial charge in [-0.3, -0.25) is 4.90 Å². The summed E-state index contributed by atoms with van der Waals surface area (Å²) in [5.41, 5.74) is 5.38. The fourth-order valence-electron chi connectivity index (χ4n) is 6.96. The van der Waals surface area contributed by atoms with Crippen molar-refractivity contribution < 1.29 is 23.0 Å². The van der Waals surface area contributed by atoms with E-state index in [1.807, 2.05) is 30.3 Å². The van der Waals surface area contributed by atoms with Gasteiger partial charge in [-0.1, -0.05) is 60.7 Å². The second-order valence-electron chi connectivity index (χ2n) is 12.9. The Morgan fingerprint density at radius 2 is 1.65 bits per heavy atom. The summed E-state index contributed by atoms with van der Waals surface area (Å²) in [4.78, 5) is 30.8. The minimum Gasteiger partial charge on any atom is -0.463 e. The number of nitrogens with zero attached hydrogens (tertiary/aromatic N) is 6. The zero-order valence-corrected chi connectivity index (χ0v) is 27.4. The number of amides is 1. The first-order valence-electron chi connectivity index (χ1n) is 16.9. The molecule has 3 aliphatic rings. The van der Waals surface area contributed by atoms with Crippen molar-refractivity contribution in [3.8, 4) is 6.01 Å². The topological polar surface area (TPSA) is 74.3 Å². The van der Waals surface area contributed by atoms with Crippen molar-refractivity contribution >= 4 is 28.4 Å². The number of hydrogen-bond donors (Lipinski definition) is 0. The second kappa shape index (κ2) is 14.3. The van der Waals surface area contributed by atoms with Gasteiger partial charge in [0.1, 0.15) is 24.8 Å². The van der Waals surface area contributed by atoms with Crippen LogP contribution in [0.25, 0.3) is 10.8 Å². The molecule has 0 spiro atoms. The van der Waals surface area contributed by atoms with Crippen LogP contribution in [0.15, 0.2) is 66.7 Å². The van der Waals surface area contributed by atoms with Gasteiger partial charge in [0.15, 0.2) is 0 Å². The van der Waals surface area contributed by atoms with Crippen LogP contribution < -0.4 is 14.5 Å². The molecule has 2 atom stereocenters. The molecule has 0 saturated carbocycles. The number of alkyl halides is 2. The molecule has 3 aromatic carbocycles. The third kappa shape index (κ3) is 7.16. The Bertz CT molecular complexity index is 1730. The number of piperazine rings is 1. The average molecular weight is 657 g/mol. The van der Waals surface area contributed by atoms with E-state index < -0.39 is 12.3 Å². The summed E-state index contributed by atoms with van der Waals surface area (Å²) < 4.78 is 39.0. The molecular weight excluding hydrogens is 614 g/mol. The molecule has 1 aromatic heterocycles. The second-order valence-corrected chi connectivity index (χ2v) is 12.9. The lowest BCUT2D eigenvalue weighted by Crippen LogP contribution is -2.49. The molecule has 4 heterocycles. The summed E-state index contributed by atoms with van der Waals surface area (Å²) in [6, 6.07) is 22.9.